The first-order valence-electron chi connectivity index (χ1n) is 5.62. The third-order valence-electron chi connectivity index (χ3n) is 3.02. The van der Waals surface area contributed by atoms with Crippen LogP contribution in [0.4, 0.5) is 0 Å². The number of halogens is 3. The number of hydrogen-bond acceptors (Lipinski definition) is 3. The molecule has 0 aliphatic carbocycles. The van der Waals surface area contributed by atoms with Crippen LogP contribution in [0.5, 0.6) is 0 Å². The maximum atomic E-state index is 12.5. The lowest BCUT2D eigenvalue weighted by Gasteiger charge is -2.29. The van der Waals surface area contributed by atoms with Gasteiger partial charge in [0.15, 0.2) is 0 Å². The van der Waals surface area contributed by atoms with Crippen molar-refractivity contribution in [2.75, 3.05) is 13.1 Å². The molecule has 0 unspecified atom stereocenters. The van der Waals surface area contributed by atoms with E-state index in [0.29, 0.717) is 25.9 Å². The molecule has 1 aromatic rings. The number of sulfonamides is 1. The molecule has 0 saturated carbocycles. The van der Waals surface area contributed by atoms with E-state index in [1.165, 1.54) is 16.4 Å². The van der Waals surface area contributed by atoms with Gasteiger partial charge in [0, 0.05) is 19.1 Å². The van der Waals surface area contributed by atoms with Crippen molar-refractivity contribution in [3.63, 3.8) is 0 Å². The van der Waals surface area contributed by atoms with Gasteiger partial charge in [-0.1, -0.05) is 29.3 Å². The maximum Gasteiger partial charge on any atom is 0.246 e. The first-order chi connectivity index (χ1) is 8.43. The highest BCUT2D eigenvalue weighted by Crippen LogP contribution is 2.32. The monoisotopic (exact) mass is 344 g/mol. The SMILES string of the molecule is Cl.NC1CCN(S(=O)(=O)c2c(Cl)cccc2Cl)CC1. The van der Waals surface area contributed by atoms with Crippen LogP contribution in [0.15, 0.2) is 23.1 Å². The molecule has 4 nitrogen and oxygen atoms in total. The van der Waals surface area contributed by atoms with Crippen molar-refractivity contribution in [2.24, 2.45) is 5.73 Å². The molecule has 1 saturated heterocycles. The topological polar surface area (TPSA) is 63.4 Å². The van der Waals surface area contributed by atoms with Gasteiger partial charge in [0.25, 0.3) is 0 Å². The van der Waals surface area contributed by atoms with Crippen molar-refractivity contribution >= 4 is 45.6 Å². The van der Waals surface area contributed by atoms with Crippen LogP contribution in [0.3, 0.4) is 0 Å². The molecule has 108 valence electrons. The van der Waals surface area contributed by atoms with E-state index >= 15 is 0 Å². The van der Waals surface area contributed by atoms with E-state index in [1.807, 2.05) is 0 Å². The minimum absolute atomic E-state index is 0. The third kappa shape index (κ3) is 3.54. The minimum atomic E-state index is -3.63. The Kier molecular flexibility index (Phi) is 5.92. The molecule has 0 aromatic heterocycles. The molecule has 19 heavy (non-hydrogen) atoms. The molecule has 1 aliphatic heterocycles. The summed E-state index contributed by atoms with van der Waals surface area (Å²) in [6.07, 6.45) is 1.31. The van der Waals surface area contributed by atoms with Crippen LogP contribution >= 0.6 is 35.6 Å². The first-order valence-corrected chi connectivity index (χ1v) is 7.82. The van der Waals surface area contributed by atoms with E-state index in [0.717, 1.165) is 0 Å². The van der Waals surface area contributed by atoms with Gasteiger partial charge < -0.3 is 5.73 Å². The van der Waals surface area contributed by atoms with Gasteiger partial charge in [0.2, 0.25) is 10.0 Å². The second-order valence-corrected chi connectivity index (χ2v) is 6.98. The Bertz CT molecular complexity index is 523. The Morgan fingerprint density at radius 2 is 1.63 bits per heavy atom. The standard InChI is InChI=1S/C11H14Cl2N2O2S.ClH/c12-9-2-1-3-10(13)11(9)18(16,17)15-6-4-8(14)5-7-15;/h1-3,8H,4-7,14H2;1H. The zero-order valence-electron chi connectivity index (χ0n) is 10.1. The fraction of sp³-hybridized carbons (Fsp3) is 0.455. The molecule has 0 bridgehead atoms. The third-order valence-corrected chi connectivity index (χ3v) is 5.87. The van der Waals surface area contributed by atoms with Crippen molar-refractivity contribution < 1.29 is 8.42 Å². The summed E-state index contributed by atoms with van der Waals surface area (Å²) in [6.45, 7) is 0.816. The summed E-state index contributed by atoms with van der Waals surface area (Å²) < 4.78 is 26.3. The molecule has 0 spiro atoms. The predicted octanol–water partition coefficient (Wildman–Crippen LogP) is 2.53. The molecule has 0 amide bonds. The van der Waals surface area contributed by atoms with Crippen LogP contribution in [0.25, 0.3) is 0 Å². The Hall–Kier alpha value is -0.0400. The van der Waals surface area contributed by atoms with E-state index in [4.69, 9.17) is 28.9 Å². The van der Waals surface area contributed by atoms with Crippen LogP contribution in [-0.2, 0) is 10.0 Å². The first kappa shape index (κ1) is 17.0. The van der Waals surface area contributed by atoms with Gasteiger partial charge in [-0.3, -0.25) is 0 Å². The molecule has 2 rings (SSSR count). The lowest BCUT2D eigenvalue weighted by Crippen LogP contribution is -2.42. The summed E-state index contributed by atoms with van der Waals surface area (Å²) in [6, 6.07) is 4.74. The van der Waals surface area contributed by atoms with Gasteiger partial charge >= 0.3 is 0 Å². The van der Waals surface area contributed by atoms with E-state index in [2.05, 4.69) is 0 Å². The molecule has 1 heterocycles. The maximum absolute atomic E-state index is 12.5. The van der Waals surface area contributed by atoms with E-state index in [9.17, 15) is 8.42 Å². The molecule has 2 N–H and O–H groups in total. The highest BCUT2D eigenvalue weighted by Gasteiger charge is 2.31. The fourth-order valence-electron chi connectivity index (χ4n) is 1.97. The Labute approximate surface area is 129 Å². The highest BCUT2D eigenvalue weighted by molar-refractivity contribution is 7.89. The fourth-order valence-corrected chi connectivity index (χ4v) is 4.54. The van der Waals surface area contributed by atoms with Crippen LogP contribution in [0, 0.1) is 0 Å². The molecule has 1 aromatic carbocycles. The average Bonchev–Trinajstić information content (AvgIpc) is 2.29. The van der Waals surface area contributed by atoms with Crippen molar-refractivity contribution in [3.05, 3.63) is 28.2 Å². The van der Waals surface area contributed by atoms with Crippen molar-refractivity contribution in [1.29, 1.82) is 0 Å². The number of nitrogens with zero attached hydrogens (tertiary/aromatic N) is 1. The smallest absolute Gasteiger partial charge is 0.246 e. The highest BCUT2D eigenvalue weighted by atomic mass is 35.5. The van der Waals surface area contributed by atoms with E-state index in [-0.39, 0.29) is 33.4 Å². The van der Waals surface area contributed by atoms with Gasteiger partial charge in [-0.2, -0.15) is 4.31 Å². The second kappa shape index (κ2) is 6.61. The summed E-state index contributed by atoms with van der Waals surface area (Å²) in [7, 11) is -3.63. The van der Waals surface area contributed by atoms with Gasteiger partial charge in [0.05, 0.1) is 10.0 Å². The summed E-state index contributed by atoms with van der Waals surface area (Å²) in [4.78, 5) is -0.0104. The largest absolute Gasteiger partial charge is 0.328 e. The molecule has 1 aliphatic rings. The molecule has 0 radical (unpaired) electrons. The van der Waals surface area contributed by atoms with Crippen molar-refractivity contribution in [2.45, 2.75) is 23.8 Å². The second-order valence-electron chi connectivity index (χ2n) is 4.29. The van der Waals surface area contributed by atoms with Crippen molar-refractivity contribution in [1.82, 2.24) is 4.31 Å². The Balaban J connectivity index is 0.00000180. The van der Waals surface area contributed by atoms with Gasteiger partial charge in [-0.25, -0.2) is 8.42 Å². The number of nitrogens with two attached hydrogens (primary N) is 1. The van der Waals surface area contributed by atoms with Crippen LogP contribution < -0.4 is 5.73 Å². The summed E-state index contributed by atoms with van der Waals surface area (Å²) in [5.41, 5.74) is 5.77. The predicted molar refractivity (Wildman–Crippen MR) is 79.7 cm³/mol. The molecule has 8 heteroatoms. The number of hydrogen-bond donors (Lipinski definition) is 1. The Morgan fingerprint density at radius 3 is 2.11 bits per heavy atom. The number of benzene rings is 1. The molecule has 1 fully saturated rings. The molecular formula is C11H15Cl3N2O2S. The number of piperidine rings is 1. The minimum Gasteiger partial charge on any atom is -0.328 e. The normalized spacial score (nSPS) is 18.1. The zero-order valence-corrected chi connectivity index (χ0v) is 13.2. The quantitative estimate of drug-likeness (QED) is 0.896. The van der Waals surface area contributed by atoms with Gasteiger partial charge in [-0.05, 0) is 25.0 Å². The van der Waals surface area contributed by atoms with Gasteiger partial charge in [0.1, 0.15) is 4.90 Å². The summed E-state index contributed by atoms with van der Waals surface area (Å²) in [5, 5.41) is 0.301. The average molecular weight is 346 g/mol. The lowest BCUT2D eigenvalue weighted by molar-refractivity contribution is 0.320. The molecule has 0 atom stereocenters. The lowest BCUT2D eigenvalue weighted by atomic mass is 10.1. The van der Waals surface area contributed by atoms with Crippen LogP contribution in [0.1, 0.15) is 12.8 Å². The number of rotatable bonds is 2. The van der Waals surface area contributed by atoms with Crippen LogP contribution in [-0.4, -0.2) is 31.9 Å². The van der Waals surface area contributed by atoms with Gasteiger partial charge in [-0.15, -0.1) is 12.4 Å². The zero-order chi connectivity index (χ0) is 13.3. The van der Waals surface area contributed by atoms with Crippen molar-refractivity contribution in [3.8, 4) is 0 Å². The molecular weight excluding hydrogens is 331 g/mol. The summed E-state index contributed by atoms with van der Waals surface area (Å²) >= 11 is 11.9. The Morgan fingerprint density at radius 1 is 1.16 bits per heavy atom. The van der Waals surface area contributed by atoms with E-state index in [1.54, 1.807) is 6.07 Å². The van der Waals surface area contributed by atoms with Crippen LogP contribution in [0.2, 0.25) is 10.0 Å². The summed E-state index contributed by atoms with van der Waals surface area (Å²) in [5.74, 6) is 0. The van der Waals surface area contributed by atoms with E-state index < -0.39 is 10.0 Å².